The van der Waals surface area contributed by atoms with E-state index in [1.165, 1.54) is 0 Å². The first-order valence-corrected chi connectivity index (χ1v) is 8.57. The van der Waals surface area contributed by atoms with Crippen molar-refractivity contribution in [1.82, 2.24) is 14.9 Å². The van der Waals surface area contributed by atoms with Crippen LogP contribution in [0.2, 0.25) is 0 Å². The molecule has 0 saturated carbocycles. The summed E-state index contributed by atoms with van der Waals surface area (Å²) in [5.41, 5.74) is 2.60. The normalized spacial score (nSPS) is 17.2. The third-order valence-electron chi connectivity index (χ3n) is 3.79. The lowest BCUT2D eigenvalue weighted by molar-refractivity contribution is -0.128. The third-order valence-corrected chi connectivity index (χ3v) is 5.05. The number of aromatic nitrogens is 2. The second-order valence-electron chi connectivity index (χ2n) is 5.48. The number of amides is 1. The van der Waals surface area contributed by atoms with Gasteiger partial charge in [-0.25, -0.2) is 0 Å². The van der Waals surface area contributed by atoms with Crippen molar-refractivity contribution in [3.05, 3.63) is 47.5 Å². The first-order chi connectivity index (χ1) is 11.6. The van der Waals surface area contributed by atoms with Crippen LogP contribution < -0.4 is 9.47 Å². The number of methoxy groups -OCH3 is 2. The summed E-state index contributed by atoms with van der Waals surface area (Å²) in [7, 11) is 3.23. The van der Waals surface area contributed by atoms with E-state index in [1.807, 2.05) is 30.0 Å². The number of hydrogen-bond acceptors (Lipinski definition) is 6. The van der Waals surface area contributed by atoms with Gasteiger partial charge in [0.25, 0.3) is 0 Å². The zero-order chi connectivity index (χ0) is 17.1. The predicted octanol–water partition coefficient (Wildman–Crippen LogP) is 2.58. The van der Waals surface area contributed by atoms with Crippen molar-refractivity contribution in [1.29, 1.82) is 0 Å². The molecule has 0 aliphatic carbocycles. The van der Waals surface area contributed by atoms with Gasteiger partial charge in [0.15, 0.2) is 0 Å². The van der Waals surface area contributed by atoms with Crippen LogP contribution in [0.1, 0.15) is 22.3 Å². The van der Waals surface area contributed by atoms with Crippen LogP contribution in [0, 0.1) is 6.92 Å². The van der Waals surface area contributed by atoms with Crippen molar-refractivity contribution >= 4 is 17.7 Å². The first-order valence-electron chi connectivity index (χ1n) is 7.52. The Morgan fingerprint density at radius 3 is 2.46 bits per heavy atom. The van der Waals surface area contributed by atoms with Crippen molar-refractivity contribution in [3.8, 4) is 11.5 Å². The molecule has 7 heteroatoms. The highest BCUT2D eigenvalue weighted by Crippen LogP contribution is 2.41. The minimum absolute atomic E-state index is 0.0918. The number of ether oxygens (including phenoxy) is 2. The van der Waals surface area contributed by atoms with E-state index in [0.717, 1.165) is 17.0 Å². The highest BCUT2D eigenvalue weighted by Gasteiger charge is 2.33. The van der Waals surface area contributed by atoms with Crippen molar-refractivity contribution in [2.45, 2.75) is 18.8 Å². The maximum Gasteiger partial charge on any atom is 0.234 e. The molecule has 6 nitrogen and oxygen atoms in total. The molecule has 0 N–H and O–H groups in total. The average Bonchev–Trinajstić information content (AvgIpc) is 2.97. The van der Waals surface area contributed by atoms with Gasteiger partial charge in [0.2, 0.25) is 5.91 Å². The van der Waals surface area contributed by atoms with Gasteiger partial charge >= 0.3 is 0 Å². The molecular weight excluding hydrogens is 326 g/mol. The molecule has 126 valence electrons. The fourth-order valence-electron chi connectivity index (χ4n) is 2.55. The monoisotopic (exact) mass is 345 g/mol. The van der Waals surface area contributed by atoms with Gasteiger partial charge in [0.1, 0.15) is 16.9 Å². The predicted molar refractivity (Wildman–Crippen MR) is 92.1 cm³/mol. The van der Waals surface area contributed by atoms with Gasteiger partial charge in [-0.15, -0.1) is 11.8 Å². The summed E-state index contributed by atoms with van der Waals surface area (Å²) in [5.74, 6) is 1.96. The van der Waals surface area contributed by atoms with Crippen molar-refractivity contribution in [2.24, 2.45) is 0 Å². The molecule has 2 aromatic rings. The Morgan fingerprint density at radius 1 is 1.17 bits per heavy atom. The lowest BCUT2D eigenvalue weighted by Gasteiger charge is -2.24. The highest BCUT2D eigenvalue weighted by molar-refractivity contribution is 8.00. The quantitative estimate of drug-likeness (QED) is 0.830. The molecular formula is C17H19N3O3S. The SMILES string of the molecule is COc1cc(OC)cc(C2SCC(=O)N2Cc2cnc(C)cn2)c1. The Kier molecular flexibility index (Phi) is 4.89. The molecule has 0 spiro atoms. The number of nitrogens with zero attached hydrogens (tertiary/aromatic N) is 3. The fourth-order valence-corrected chi connectivity index (χ4v) is 3.72. The number of hydrogen-bond donors (Lipinski definition) is 0. The van der Waals surface area contributed by atoms with Crippen molar-refractivity contribution in [3.63, 3.8) is 0 Å². The smallest absolute Gasteiger partial charge is 0.234 e. The van der Waals surface area contributed by atoms with Crippen molar-refractivity contribution < 1.29 is 14.3 Å². The Bertz CT molecular complexity index is 714. The van der Waals surface area contributed by atoms with Gasteiger partial charge in [-0.1, -0.05) is 0 Å². The maximum absolute atomic E-state index is 12.3. The summed E-state index contributed by atoms with van der Waals surface area (Å²) < 4.78 is 10.7. The van der Waals surface area contributed by atoms with E-state index >= 15 is 0 Å². The zero-order valence-corrected chi connectivity index (χ0v) is 14.7. The summed E-state index contributed by atoms with van der Waals surface area (Å²) in [6.45, 7) is 2.32. The zero-order valence-electron chi connectivity index (χ0n) is 13.9. The van der Waals surface area contributed by atoms with E-state index in [0.29, 0.717) is 23.8 Å². The lowest BCUT2D eigenvalue weighted by atomic mass is 10.1. The molecule has 0 radical (unpaired) electrons. The average molecular weight is 345 g/mol. The Hall–Kier alpha value is -2.28. The molecule has 2 heterocycles. The second kappa shape index (κ2) is 7.09. The van der Waals surface area contributed by atoms with E-state index < -0.39 is 0 Å². The molecule has 1 aliphatic rings. The van der Waals surface area contributed by atoms with Gasteiger partial charge < -0.3 is 14.4 Å². The molecule has 3 rings (SSSR count). The topological polar surface area (TPSA) is 64.6 Å². The van der Waals surface area contributed by atoms with Gasteiger partial charge in [-0.05, 0) is 24.6 Å². The number of thioether (sulfide) groups is 1. The lowest BCUT2D eigenvalue weighted by Crippen LogP contribution is -2.28. The minimum Gasteiger partial charge on any atom is -0.497 e. The summed E-state index contributed by atoms with van der Waals surface area (Å²) in [6.07, 6.45) is 3.43. The number of carbonyl (C=O) groups is 1. The van der Waals surface area contributed by atoms with Gasteiger partial charge in [0, 0.05) is 12.3 Å². The molecule has 1 aromatic heterocycles. The van der Waals surface area contributed by atoms with Crippen LogP contribution in [-0.4, -0.2) is 40.7 Å². The van der Waals surface area contributed by atoms with Crippen LogP contribution in [0.5, 0.6) is 11.5 Å². The van der Waals surface area contributed by atoms with Crippen molar-refractivity contribution in [2.75, 3.05) is 20.0 Å². The third kappa shape index (κ3) is 3.46. The standard InChI is InChI=1S/C17H19N3O3S/c1-11-7-19-13(8-18-11)9-20-16(21)10-24-17(20)12-4-14(22-2)6-15(5-12)23-3/h4-8,17H,9-10H2,1-3H3. The maximum atomic E-state index is 12.3. The van der Waals surface area contributed by atoms with Gasteiger partial charge in [-0.3, -0.25) is 14.8 Å². The molecule has 1 fully saturated rings. The molecule has 1 amide bonds. The fraction of sp³-hybridized carbons (Fsp3) is 0.353. The van der Waals surface area contributed by atoms with Crippen LogP contribution >= 0.6 is 11.8 Å². The summed E-state index contributed by atoms with van der Waals surface area (Å²) >= 11 is 1.59. The Morgan fingerprint density at radius 2 is 1.88 bits per heavy atom. The Balaban J connectivity index is 1.88. The Labute approximate surface area is 145 Å². The molecule has 1 atom stereocenters. The van der Waals surface area contributed by atoms with E-state index in [-0.39, 0.29) is 11.3 Å². The van der Waals surface area contributed by atoms with Crippen LogP contribution in [0.3, 0.4) is 0 Å². The molecule has 1 aromatic carbocycles. The van der Waals surface area contributed by atoms with E-state index in [9.17, 15) is 4.79 Å². The number of benzene rings is 1. The summed E-state index contributed by atoms with van der Waals surface area (Å²) in [4.78, 5) is 22.8. The van der Waals surface area contributed by atoms with Crippen LogP contribution in [0.4, 0.5) is 0 Å². The number of aryl methyl sites for hydroxylation is 1. The van der Waals surface area contributed by atoms with Crippen LogP contribution in [-0.2, 0) is 11.3 Å². The highest BCUT2D eigenvalue weighted by atomic mass is 32.2. The van der Waals surface area contributed by atoms with E-state index in [2.05, 4.69) is 9.97 Å². The number of carbonyl (C=O) groups excluding carboxylic acids is 1. The summed E-state index contributed by atoms with van der Waals surface area (Å²) in [5, 5.41) is -0.0930. The van der Waals surface area contributed by atoms with E-state index in [1.54, 1.807) is 38.4 Å². The first kappa shape index (κ1) is 16.6. The number of rotatable bonds is 5. The minimum atomic E-state index is -0.0930. The van der Waals surface area contributed by atoms with E-state index in [4.69, 9.17) is 9.47 Å². The van der Waals surface area contributed by atoms with Crippen LogP contribution in [0.15, 0.2) is 30.6 Å². The molecule has 1 saturated heterocycles. The molecule has 0 bridgehead atoms. The second-order valence-corrected chi connectivity index (χ2v) is 6.55. The largest absolute Gasteiger partial charge is 0.497 e. The van der Waals surface area contributed by atoms with Gasteiger partial charge in [0.05, 0.1) is 44.1 Å². The molecule has 1 aliphatic heterocycles. The molecule has 24 heavy (non-hydrogen) atoms. The van der Waals surface area contributed by atoms with Gasteiger partial charge in [-0.2, -0.15) is 0 Å². The van der Waals surface area contributed by atoms with Crippen LogP contribution in [0.25, 0.3) is 0 Å². The summed E-state index contributed by atoms with van der Waals surface area (Å²) in [6, 6.07) is 5.69. The molecule has 1 unspecified atom stereocenters.